The second-order valence-corrected chi connectivity index (χ2v) is 6.81. The van der Waals surface area contributed by atoms with Crippen LogP contribution in [0.4, 0.5) is 0 Å². The second-order valence-electron chi connectivity index (χ2n) is 6.37. The van der Waals surface area contributed by atoms with E-state index in [9.17, 15) is 4.79 Å². The normalized spacial score (nSPS) is 11.3. The van der Waals surface area contributed by atoms with Gasteiger partial charge in [0, 0.05) is 22.7 Å². The molecule has 4 nitrogen and oxygen atoms in total. The van der Waals surface area contributed by atoms with Crippen LogP contribution >= 0.6 is 11.6 Å². The van der Waals surface area contributed by atoms with Gasteiger partial charge in [0.1, 0.15) is 5.75 Å². The van der Waals surface area contributed by atoms with Crippen LogP contribution in [-0.4, -0.2) is 24.6 Å². The van der Waals surface area contributed by atoms with Gasteiger partial charge in [0.2, 0.25) is 0 Å². The SMILES string of the molecule is CCCCNCc1cc(Cl)ccc1OCC(=O)NC(C)(C)C. The highest BCUT2D eigenvalue weighted by atomic mass is 35.5. The molecule has 0 atom stereocenters. The van der Waals surface area contributed by atoms with Crippen LogP contribution in [0.3, 0.4) is 0 Å². The Balaban J connectivity index is 2.59. The number of benzene rings is 1. The number of hydrogen-bond acceptors (Lipinski definition) is 3. The number of carbonyl (C=O) groups excluding carboxylic acids is 1. The molecule has 0 unspecified atom stereocenters. The summed E-state index contributed by atoms with van der Waals surface area (Å²) >= 11 is 6.04. The Morgan fingerprint density at radius 2 is 2.05 bits per heavy atom. The first-order valence-electron chi connectivity index (χ1n) is 7.75. The summed E-state index contributed by atoms with van der Waals surface area (Å²) in [6.45, 7) is 9.61. The van der Waals surface area contributed by atoms with Crippen molar-refractivity contribution in [3.05, 3.63) is 28.8 Å². The molecular formula is C17H27ClN2O2. The Kier molecular flexibility index (Phi) is 7.69. The molecule has 0 aliphatic carbocycles. The van der Waals surface area contributed by atoms with Gasteiger partial charge in [0.15, 0.2) is 6.61 Å². The summed E-state index contributed by atoms with van der Waals surface area (Å²) < 4.78 is 5.65. The number of halogens is 1. The second kappa shape index (κ2) is 9.01. The molecule has 1 aromatic carbocycles. The van der Waals surface area contributed by atoms with E-state index in [0.29, 0.717) is 17.3 Å². The highest BCUT2D eigenvalue weighted by molar-refractivity contribution is 6.30. The maximum absolute atomic E-state index is 11.8. The van der Waals surface area contributed by atoms with Gasteiger partial charge in [-0.25, -0.2) is 0 Å². The fraction of sp³-hybridized carbons (Fsp3) is 0.588. The zero-order valence-electron chi connectivity index (χ0n) is 14.0. The summed E-state index contributed by atoms with van der Waals surface area (Å²) in [5.41, 5.74) is 0.706. The van der Waals surface area contributed by atoms with Crippen molar-refractivity contribution in [1.29, 1.82) is 0 Å². The van der Waals surface area contributed by atoms with E-state index >= 15 is 0 Å². The van der Waals surface area contributed by atoms with Gasteiger partial charge in [-0.15, -0.1) is 0 Å². The molecule has 2 N–H and O–H groups in total. The van der Waals surface area contributed by atoms with E-state index in [-0.39, 0.29) is 18.1 Å². The fourth-order valence-corrected chi connectivity index (χ4v) is 2.14. The smallest absolute Gasteiger partial charge is 0.258 e. The summed E-state index contributed by atoms with van der Waals surface area (Å²) in [7, 11) is 0. The van der Waals surface area contributed by atoms with Gasteiger partial charge in [-0.2, -0.15) is 0 Å². The van der Waals surface area contributed by atoms with E-state index in [2.05, 4.69) is 17.6 Å². The van der Waals surface area contributed by atoms with Gasteiger partial charge in [0.05, 0.1) is 0 Å². The monoisotopic (exact) mass is 326 g/mol. The lowest BCUT2D eigenvalue weighted by Crippen LogP contribution is -2.43. The predicted molar refractivity (Wildman–Crippen MR) is 91.5 cm³/mol. The molecule has 0 saturated heterocycles. The standard InChI is InChI=1S/C17H27ClN2O2/c1-5-6-9-19-11-13-10-14(18)7-8-15(13)22-12-16(21)20-17(2,3)4/h7-8,10,19H,5-6,9,11-12H2,1-4H3,(H,20,21). The molecule has 0 saturated carbocycles. The summed E-state index contributed by atoms with van der Waals surface area (Å²) in [6.07, 6.45) is 2.28. The molecule has 0 aliphatic rings. The Labute approximate surface area is 138 Å². The lowest BCUT2D eigenvalue weighted by molar-refractivity contribution is -0.124. The Bertz CT molecular complexity index is 484. The van der Waals surface area contributed by atoms with Crippen molar-refractivity contribution in [2.45, 2.75) is 52.6 Å². The zero-order chi connectivity index (χ0) is 16.6. The maximum Gasteiger partial charge on any atom is 0.258 e. The number of carbonyl (C=O) groups is 1. The Morgan fingerprint density at radius 3 is 2.68 bits per heavy atom. The van der Waals surface area contributed by atoms with Crippen molar-refractivity contribution in [1.82, 2.24) is 10.6 Å². The van der Waals surface area contributed by atoms with E-state index in [4.69, 9.17) is 16.3 Å². The van der Waals surface area contributed by atoms with Crippen LogP contribution in [0.5, 0.6) is 5.75 Å². The predicted octanol–water partition coefficient (Wildman–Crippen LogP) is 3.52. The summed E-state index contributed by atoms with van der Waals surface area (Å²) in [5, 5.41) is 6.90. The quantitative estimate of drug-likeness (QED) is 0.719. The summed E-state index contributed by atoms with van der Waals surface area (Å²) in [5.74, 6) is 0.560. The van der Waals surface area contributed by atoms with E-state index in [1.807, 2.05) is 32.9 Å². The van der Waals surface area contributed by atoms with Crippen molar-refractivity contribution >= 4 is 17.5 Å². The molecular weight excluding hydrogens is 300 g/mol. The molecule has 0 heterocycles. The minimum absolute atomic E-state index is 0.000856. The first kappa shape index (κ1) is 18.8. The lowest BCUT2D eigenvalue weighted by atomic mass is 10.1. The van der Waals surface area contributed by atoms with Crippen molar-refractivity contribution in [2.75, 3.05) is 13.2 Å². The Hall–Kier alpha value is -1.26. The number of amides is 1. The van der Waals surface area contributed by atoms with E-state index in [1.165, 1.54) is 0 Å². The number of hydrogen-bond donors (Lipinski definition) is 2. The molecule has 0 radical (unpaired) electrons. The first-order valence-corrected chi connectivity index (χ1v) is 8.12. The summed E-state index contributed by atoms with van der Waals surface area (Å²) in [6, 6.07) is 5.45. The zero-order valence-corrected chi connectivity index (χ0v) is 14.7. The molecule has 0 aliphatic heterocycles. The van der Waals surface area contributed by atoms with E-state index in [1.54, 1.807) is 6.07 Å². The van der Waals surface area contributed by atoms with Gasteiger partial charge in [-0.1, -0.05) is 24.9 Å². The third kappa shape index (κ3) is 7.66. The van der Waals surface area contributed by atoms with Crippen LogP contribution in [0.1, 0.15) is 46.1 Å². The number of rotatable bonds is 8. The van der Waals surface area contributed by atoms with E-state index in [0.717, 1.165) is 24.9 Å². The molecule has 1 aromatic rings. The van der Waals surface area contributed by atoms with Crippen molar-refractivity contribution in [3.8, 4) is 5.75 Å². The van der Waals surface area contributed by atoms with Crippen LogP contribution in [0.25, 0.3) is 0 Å². The topological polar surface area (TPSA) is 50.4 Å². The van der Waals surface area contributed by atoms with Gasteiger partial charge in [-0.3, -0.25) is 4.79 Å². The molecule has 1 amide bonds. The van der Waals surface area contributed by atoms with Crippen LogP contribution in [0, 0.1) is 0 Å². The van der Waals surface area contributed by atoms with Crippen molar-refractivity contribution in [3.63, 3.8) is 0 Å². The van der Waals surface area contributed by atoms with E-state index < -0.39 is 0 Å². The highest BCUT2D eigenvalue weighted by Crippen LogP contribution is 2.23. The van der Waals surface area contributed by atoms with Gasteiger partial charge in [0.25, 0.3) is 5.91 Å². The molecule has 0 spiro atoms. The van der Waals surface area contributed by atoms with Gasteiger partial charge >= 0.3 is 0 Å². The lowest BCUT2D eigenvalue weighted by Gasteiger charge is -2.21. The van der Waals surface area contributed by atoms with Crippen LogP contribution in [0.15, 0.2) is 18.2 Å². The van der Waals surface area contributed by atoms with Crippen molar-refractivity contribution < 1.29 is 9.53 Å². The van der Waals surface area contributed by atoms with Gasteiger partial charge < -0.3 is 15.4 Å². The highest BCUT2D eigenvalue weighted by Gasteiger charge is 2.14. The van der Waals surface area contributed by atoms with Crippen LogP contribution < -0.4 is 15.4 Å². The largest absolute Gasteiger partial charge is 0.483 e. The van der Waals surface area contributed by atoms with Crippen molar-refractivity contribution in [2.24, 2.45) is 0 Å². The molecule has 5 heteroatoms. The number of ether oxygens (including phenoxy) is 1. The average molecular weight is 327 g/mol. The number of nitrogens with one attached hydrogen (secondary N) is 2. The summed E-state index contributed by atoms with van der Waals surface area (Å²) in [4.78, 5) is 11.8. The molecule has 124 valence electrons. The molecule has 0 bridgehead atoms. The molecule has 0 fully saturated rings. The average Bonchev–Trinajstić information content (AvgIpc) is 2.41. The minimum Gasteiger partial charge on any atom is -0.483 e. The third-order valence-electron chi connectivity index (χ3n) is 2.92. The third-order valence-corrected chi connectivity index (χ3v) is 3.15. The Morgan fingerprint density at radius 1 is 1.32 bits per heavy atom. The fourth-order valence-electron chi connectivity index (χ4n) is 1.95. The molecule has 0 aromatic heterocycles. The molecule has 1 rings (SSSR count). The van der Waals surface area contributed by atoms with Crippen LogP contribution in [0.2, 0.25) is 5.02 Å². The van der Waals surface area contributed by atoms with Gasteiger partial charge in [-0.05, 0) is 51.9 Å². The first-order chi connectivity index (χ1) is 10.3. The maximum atomic E-state index is 11.8. The number of unbranched alkanes of at least 4 members (excludes halogenated alkanes) is 1. The minimum atomic E-state index is -0.259. The molecule has 22 heavy (non-hydrogen) atoms. The van der Waals surface area contributed by atoms with Crippen LogP contribution in [-0.2, 0) is 11.3 Å².